The van der Waals surface area contributed by atoms with Crippen molar-refractivity contribution in [3.63, 3.8) is 0 Å². The monoisotopic (exact) mass is 1330 g/mol. The molecule has 0 aromatic rings. The molecule has 0 aromatic carbocycles. The highest BCUT2D eigenvalue weighted by atomic mass is 16.7. The minimum absolute atomic E-state index is 0.173. The predicted molar refractivity (Wildman–Crippen MR) is 406 cm³/mol. The quantitative estimate of drug-likeness (QED) is 0.0211. The molecule has 2 atom stereocenters. The number of allylic oxidation sites excluding steroid dienone is 2. The molecule has 0 spiro atoms. The Bertz CT molecular complexity index is 1550. The number of carbonyl (C=O) groups is 3. The van der Waals surface area contributed by atoms with Crippen molar-refractivity contribution in [1.29, 1.82) is 0 Å². The second-order valence-electron chi connectivity index (χ2n) is 30.5. The number of carboxylic acids is 1. The third kappa shape index (κ3) is 77.4. The first-order valence-corrected chi connectivity index (χ1v) is 42.4. The van der Waals surface area contributed by atoms with E-state index in [4.69, 9.17) is 18.9 Å². The van der Waals surface area contributed by atoms with Crippen LogP contribution in [0.4, 0.5) is 0 Å². The zero-order valence-electron chi connectivity index (χ0n) is 64.2. The Hall–Kier alpha value is -1.97. The van der Waals surface area contributed by atoms with Gasteiger partial charge in [-0.25, -0.2) is 4.79 Å². The lowest BCUT2D eigenvalue weighted by molar-refractivity contribution is -0.870. The van der Waals surface area contributed by atoms with Crippen LogP contribution in [-0.2, 0) is 33.3 Å². The van der Waals surface area contributed by atoms with Gasteiger partial charge in [-0.1, -0.05) is 418 Å². The zero-order valence-corrected chi connectivity index (χ0v) is 64.2. The van der Waals surface area contributed by atoms with Crippen LogP contribution in [0.5, 0.6) is 0 Å². The lowest BCUT2D eigenvalue weighted by Crippen LogP contribution is -2.40. The van der Waals surface area contributed by atoms with Crippen molar-refractivity contribution >= 4 is 17.9 Å². The molecule has 1 N–H and O–H groups in total. The van der Waals surface area contributed by atoms with Crippen molar-refractivity contribution in [2.45, 2.75) is 469 Å². The molecule has 0 fully saturated rings. The average molecular weight is 1330 g/mol. The maximum atomic E-state index is 13.0. The Morgan fingerprint density at radius 3 is 0.787 bits per heavy atom. The van der Waals surface area contributed by atoms with Gasteiger partial charge in [-0.15, -0.1) is 0 Å². The summed E-state index contributed by atoms with van der Waals surface area (Å²) in [4.78, 5) is 37.8. The number of ether oxygens (including phenoxy) is 4. The fourth-order valence-electron chi connectivity index (χ4n) is 13.3. The van der Waals surface area contributed by atoms with E-state index < -0.39 is 18.4 Å². The van der Waals surface area contributed by atoms with Gasteiger partial charge in [0, 0.05) is 12.8 Å². The minimum atomic E-state index is -1.51. The molecule has 558 valence electrons. The van der Waals surface area contributed by atoms with Crippen molar-refractivity contribution in [1.82, 2.24) is 0 Å². The molecule has 0 rings (SSSR count). The van der Waals surface area contributed by atoms with Crippen LogP contribution in [0.2, 0.25) is 0 Å². The summed E-state index contributed by atoms with van der Waals surface area (Å²) < 4.78 is 23.1. The van der Waals surface area contributed by atoms with E-state index in [1.807, 2.05) is 21.1 Å². The highest BCUT2D eigenvalue weighted by Gasteiger charge is 2.25. The predicted octanol–water partition coefficient (Wildman–Crippen LogP) is 27.1. The summed E-state index contributed by atoms with van der Waals surface area (Å²) in [6.07, 6.45) is 94.0. The summed E-state index contributed by atoms with van der Waals surface area (Å²) in [6.45, 7) is 4.98. The normalized spacial score (nSPS) is 12.6. The number of esters is 2. The summed E-state index contributed by atoms with van der Waals surface area (Å²) in [5, 5.41) is 9.78. The van der Waals surface area contributed by atoms with Gasteiger partial charge in [-0.3, -0.25) is 9.59 Å². The molecule has 0 aliphatic heterocycles. The molecule has 0 radical (unpaired) electrons. The van der Waals surface area contributed by atoms with Crippen LogP contribution in [0.25, 0.3) is 0 Å². The number of nitrogens with zero attached hydrogens (tertiary/aromatic N) is 1. The number of hydrogen-bond acceptors (Lipinski definition) is 7. The van der Waals surface area contributed by atoms with Crippen molar-refractivity contribution in [2.75, 3.05) is 47.5 Å². The third-order valence-corrected chi connectivity index (χ3v) is 19.8. The molecule has 0 aliphatic rings. The average Bonchev–Trinajstić information content (AvgIpc) is 3.76. The Morgan fingerprint density at radius 2 is 0.543 bits per heavy atom. The molecule has 0 bridgehead atoms. The fourth-order valence-corrected chi connectivity index (χ4v) is 13.3. The molecule has 0 amide bonds. The minimum Gasteiger partial charge on any atom is -0.477 e. The van der Waals surface area contributed by atoms with Crippen molar-refractivity contribution in [3.8, 4) is 0 Å². The van der Waals surface area contributed by atoms with Crippen LogP contribution < -0.4 is 0 Å². The number of carboxylic acid groups (broad SMARTS) is 1. The van der Waals surface area contributed by atoms with Gasteiger partial charge in [-0.05, 0) is 38.5 Å². The van der Waals surface area contributed by atoms with E-state index in [1.165, 1.54) is 392 Å². The van der Waals surface area contributed by atoms with E-state index in [1.54, 1.807) is 0 Å². The zero-order chi connectivity index (χ0) is 68.2. The highest BCUT2D eigenvalue weighted by molar-refractivity contribution is 5.71. The first kappa shape index (κ1) is 92.0. The molecule has 0 saturated heterocycles. The largest absolute Gasteiger partial charge is 0.477 e. The van der Waals surface area contributed by atoms with Gasteiger partial charge in [0.1, 0.15) is 13.2 Å². The van der Waals surface area contributed by atoms with Gasteiger partial charge in [-0.2, -0.15) is 0 Å². The van der Waals surface area contributed by atoms with Gasteiger partial charge in [0.25, 0.3) is 6.29 Å². The number of quaternary nitrogens is 1. The lowest BCUT2D eigenvalue weighted by atomic mass is 10.0. The van der Waals surface area contributed by atoms with Gasteiger partial charge >= 0.3 is 17.9 Å². The maximum absolute atomic E-state index is 13.0. The second kappa shape index (κ2) is 76.8. The van der Waals surface area contributed by atoms with E-state index in [0.717, 1.165) is 38.5 Å². The van der Waals surface area contributed by atoms with Gasteiger partial charge in [0.05, 0.1) is 34.4 Å². The van der Waals surface area contributed by atoms with Gasteiger partial charge < -0.3 is 28.5 Å². The Balaban J connectivity index is 3.92. The standard InChI is InChI=1S/C85H165NO8/c1-6-8-10-12-14-16-18-20-22-24-26-28-30-32-34-36-38-40-42-44-46-48-50-52-54-56-58-60-62-64-66-68-70-72-74-76-83(88)94-81(80-93-85(84(89)90)91-78-77-86(3,4)5)79-92-82(87)75-73-71-69-67-65-63-61-59-57-55-53-51-49-47-45-43-41-39-37-35-33-31-29-27-25-23-21-19-17-15-13-11-9-7-2/h24,26,81,85H,6-23,25,27-80H2,1-5H3/p+1/b26-24-. The van der Waals surface area contributed by atoms with Crippen molar-refractivity contribution < 1.29 is 42.9 Å². The maximum Gasteiger partial charge on any atom is 0.361 e. The molecule has 9 nitrogen and oxygen atoms in total. The number of carbonyl (C=O) groups excluding carboxylic acids is 2. The summed E-state index contributed by atoms with van der Waals surface area (Å²) in [5.74, 6) is -1.96. The number of aliphatic carboxylic acids is 1. The van der Waals surface area contributed by atoms with E-state index in [-0.39, 0.29) is 38.2 Å². The van der Waals surface area contributed by atoms with Crippen molar-refractivity contribution in [2.24, 2.45) is 0 Å². The molecule has 2 unspecified atom stereocenters. The third-order valence-electron chi connectivity index (χ3n) is 19.8. The molecule has 0 aromatic heterocycles. The summed E-state index contributed by atoms with van der Waals surface area (Å²) in [6, 6.07) is 0. The molecule has 0 heterocycles. The summed E-state index contributed by atoms with van der Waals surface area (Å²) >= 11 is 0. The summed E-state index contributed by atoms with van der Waals surface area (Å²) in [5.41, 5.74) is 0. The van der Waals surface area contributed by atoms with E-state index in [0.29, 0.717) is 17.4 Å². The number of hydrogen-bond donors (Lipinski definition) is 1. The van der Waals surface area contributed by atoms with Crippen LogP contribution in [0.3, 0.4) is 0 Å². The number of unbranched alkanes of at least 4 members (excludes halogenated alkanes) is 64. The number of likely N-dealkylation sites (N-methyl/N-ethyl adjacent to an activating group) is 1. The van der Waals surface area contributed by atoms with E-state index >= 15 is 0 Å². The first-order valence-electron chi connectivity index (χ1n) is 42.4. The Morgan fingerprint density at radius 1 is 0.309 bits per heavy atom. The van der Waals surface area contributed by atoms with Crippen LogP contribution in [0, 0.1) is 0 Å². The highest BCUT2D eigenvalue weighted by Crippen LogP contribution is 2.21. The van der Waals surface area contributed by atoms with Crippen LogP contribution >= 0.6 is 0 Å². The molecule has 0 aliphatic carbocycles. The molecular formula is C85H166NO8+. The number of rotatable bonds is 81. The SMILES string of the molecule is CCCCCCCCCC/C=C\CCCCCCCCCCCCCCCCCCCCCCCCCC(=O)OC(COC(=O)CCCCCCCCCCCCCCCCCCCCCCCCCCCCCCCCCCCC)COC(OCC[N+](C)(C)C)C(=O)O. The second-order valence-corrected chi connectivity index (χ2v) is 30.5. The first-order chi connectivity index (χ1) is 46.1. The van der Waals surface area contributed by atoms with Crippen molar-refractivity contribution in [3.05, 3.63) is 12.2 Å². The molecular weight excluding hydrogens is 1160 g/mol. The Labute approximate surface area is 586 Å². The van der Waals surface area contributed by atoms with E-state index in [2.05, 4.69) is 26.0 Å². The van der Waals surface area contributed by atoms with E-state index in [9.17, 15) is 19.5 Å². The van der Waals surface area contributed by atoms with Crippen LogP contribution in [0.15, 0.2) is 12.2 Å². The fraction of sp³-hybridized carbons (Fsp3) is 0.941. The van der Waals surface area contributed by atoms with Crippen LogP contribution in [0.1, 0.15) is 457 Å². The summed E-state index contributed by atoms with van der Waals surface area (Å²) in [7, 11) is 6.01. The molecule has 9 heteroatoms. The molecule has 0 saturated carbocycles. The molecule has 94 heavy (non-hydrogen) atoms. The smallest absolute Gasteiger partial charge is 0.361 e. The van der Waals surface area contributed by atoms with Gasteiger partial charge in [0.2, 0.25) is 0 Å². The lowest BCUT2D eigenvalue weighted by Gasteiger charge is -2.25. The Kier molecular flexibility index (Phi) is 75.2. The topological polar surface area (TPSA) is 108 Å². The van der Waals surface area contributed by atoms with Crippen LogP contribution in [-0.4, -0.2) is 87.4 Å². The van der Waals surface area contributed by atoms with Gasteiger partial charge in [0.15, 0.2) is 6.10 Å².